The average Bonchev–Trinajstić information content (AvgIpc) is 3.26. The Labute approximate surface area is 193 Å². The number of aryl methyl sites for hydroxylation is 1. The first-order valence-electron chi connectivity index (χ1n) is 10.8. The largest absolute Gasteiger partial charge is 0.497 e. The van der Waals surface area contributed by atoms with Crippen molar-refractivity contribution in [3.63, 3.8) is 0 Å². The van der Waals surface area contributed by atoms with Gasteiger partial charge < -0.3 is 19.2 Å². The van der Waals surface area contributed by atoms with Crippen molar-refractivity contribution in [3.05, 3.63) is 46.9 Å². The van der Waals surface area contributed by atoms with Crippen molar-refractivity contribution >= 4 is 23.1 Å². The van der Waals surface area contributed by atoms with Crippen LogP contribution in [0.5, 0.6) is 5.75 Å². The average molecular weight is 460 g/mol. The van der Waals surface area contributed by atoms with E-state index in [1.807, 2.05) is 12.1 Å². The van der Waals surface area contributed by atoms with Crippen molar-refractivity contribution < 1.29 is 23.8 Å². The third kappa shape index (κ3) is 7.34. The summed E-state index contributed by atoms with van der Waals surface area (Å²) in [5.41, 5.74) is 1.32. The molecular weight excluding hydrogens is 426 g/mol. The van der Waals surface area contributed by atoms with E-state index in [9.17, 15) is 14.4 Å². The Morgan fingerprint density at radius 1 is 1.30 bits per heavy atom. The maximum Gasteiger partial charge on any atom is 0.411 e. The number of amides is 1. The summed E-state index contributed by atoms with van der Waals surface area (Å²) in [5.74, 6) is 0.331. The van der Waals surface area contributed by atoms with E-state index < -0.39 is 17.7 Å². The van der Waals surface area contributed by atoms with Crippen molar-refractivity contribution in [2.24, 2.45) is 0 Å². The highest BCUT2D eigenvalue weighted by molar-refractivity contribution is 5.82. The number of hydrogen-bond donors (Lipinski definition) is 1. The van der Waals surface area contributed by atoms with Crippen LogP contribution in [0.2, 0.25) is 0 Å². The van der Waals surface area contributed by atoms with Gasteiger partial charge in [0.05, 0.1) is 25.3 Å². The van der Waals surface area contributed by atoms with Gasteiger partial charge >= 0.3 is 12.1 Å². The Hall–Kier alpha value is -3.36. The summed E-state index contributed by atoms with van der Waals surface area (Å²) in [6.07, 6.45) is 4.14. The molecule has 1 aromatic carbocycles. The van der Waals surface area contributed by atoms with Crippen LogP contribution in [0.25, 0.3) is 11.0 Å². The number of carbonyl (C=O) groups excluding carboxylic acids is 2. The van der Waals surface area contributed by atoms with Gasteiger partial charge in [0.15, 0.2) is 0 Å². The lowest BCUT2D eigenvalue weighted by Gasteiger charge is -2.27. The Morgan fingerprint density at radius 2 is 2.03 bits per heavy atom. The topological polar surface area (TPSA) is 111 Å². The van der Waals surface area contributed by atoms with Crippen LogP contribution in [0.3, 0.4) is 0 Å². The molecule has 3 rings (SSSR count). The fraction of sp³-hybridized carbons (Fsp3) is 0.500. The van der Waals surface area contributed by atoms with Crippen molar-refractivity contribution in [1.82, 2.24) is 14.9 Å². The molecule has 33 heavy (non-hydrogen) atoms. The second kappa shape index (κ2) is 11.5. The van der Waals surface area contributed by atoms with Crippen LogP contribution in [0.1, 0.15) is 45.7 Å². The van der Waals surface area contributed by atoms with Crippen LogP contribution in [0.4, 0.5) is 4.79 Å². The smallest absolute Gasteiger partial charge is 0.411 e. The van der Waals surface area contributed by atoms with Crippen molar-refractivity contribution in [1.29, 1.82) is 0 Å². The summed E-state index contributed by atoms with van der Waals surface area (Å²) >= 11 is 0. The molecule has 1 aromatic heterocycles. The zero-order chi connectivity index (χ0) is 24.6. The molecule has 1 atom stereocenters. The minimum Gasteiger partial charge on any atom is -0.497 e. The molecule has 0 unspecified atom stereocenters. The number of nitrogens with one attached hydrogen (secondary N) is 1. The van der Waals surface area contributed by atoms with Gasteiger partial charge in [-0.3, -0.25) is 9.69 Å². The normalized spacial score (nSPS) is 15.4. The molecule has 180 valence electrons. The number of H-pyrrole nitrogens is 1. The quantitative estimate of drug-likeness (QED) is 0.537. The monoisotopic (exact) mass is 459 g/mol. The lowest BCUT2D eigenvalue weighted by molar-refractivity contribution is -0.145. The molecule has 1 aliphatic rings. The van der Waals surface area contributed by atoms with E-state index in [0.29, 0.717) is 36.3 Å². The second-order valence-electron chi connectivity index (χ2n) is 8.58. The molecule has 0 aliphatic carbocycles. The number of allylic oxidation sites excluding steroid dienone is 1. The Bertz CT molecular complexity index is 1040. The minimum absolute atomic E-state index is 0.146. The van der Waals surface area contributed by atoms with Crippen molar-refractivity contribution in [2.75, 3.05) is 20.8 Å². The molecule has 1 fully saturated rings. The maximum absolute atomic E-state index is 11.8. The summed E-state index contributed by atoms with van der Waals surface area (Å²) in [6.45, 7) is 9.58. The van der Waals surface area contributed by atoms with Gasteiger partial charge in [-0.15, -0.1) is 6.58 Å². The number of likely N-dealkylation sites (tertiary alicyclic amines) is 1. The minimum atomic E-state index is -0.541. The Kier molecular flexibility index (Phi) is 9.02. The van der Waals surface area contributed by atoms with E-state index >= 15 is 0 Å². The third-order valence-electron chi connectivity index (χ3n) is 4.91. The summed E-state index contributed by atoms with van der Waals surface area (Å²) in [6, 6.07) is 4.94. The summed E-state index contributed by atoms with van der Waals surface area (Å²) in [7, 11) is 2.92. The third-order valence-corrected chi connectivity index (χ3v) is 4.91. The highest BCUT2D eigenvalue weighted by Gasteiger charge is 2.37. The van der Waals surface area contributed by atoms with Gasteiger partial charge in [-0.1, -0.05) is 6.08 Å². The lowest BCUT2D eigenvalue weighted by Crippen LogP contribution is -2.43. The van der Waals surface area contributed by atoms with E-state index in [2.05, 4.69) is 21.3 Å². The highest BCUT2D eigenvalue weighted by Crippen LogP contribution is 2.21. The van der Waals surface area contributed by atoms with E-state index in [-0.39, 0.29) is 11.5 Å². The zero-order valence-corrected chi connectivity index (χ0v) is 20.0. The SMILES string of the molecule is C=CCCc1nc2ccc(OC)cc2[nH]c1=O.COC(=O)[C@@H]1CCCN1C(=O)OC(C)(C)C. The zero-order valence-electron chi connectivity index (χ0n) is 20.0. The fourth-order valence-corrected chi connectivity index (χ4v) is 3.33. The molecule has 2 heterocycles. The van der Waals surface area contributed by atoms with Gasteiger partial charge in [0, 0.05) is 12.6 Å². The van der Waals surface area contributed by atoms with Crippen LogP contribution >= 0.6 is 0 Å². The number of carbonyl (C=O) groups is 2. The predicted octanol–water partition coefficient (Wildman–Crippen LogP) is 3.61. The van der Waals surface area contributed by atoms with Gasteiger partial charge in [-0.2, -0.15) is 0 Å². The highest BCUT2D eigenvalue weighted by atomic mass is 16.6. The first-order valence-corrected chi connectivity index (χ1v) is 10.8. The number of aromatic nitrogens is 2. The molecule has 9 heteroatoms. The van der Waals surface area contributed by atoms with Crippen molar-refractivity contribution in [3.8, 4) is 5.75 Å². The molecule has 0 radical (unpaired) electrons. The van der Waals surface area contributed by atoms with Gasteiger partial charge in [-0.05, 0) is 58.6 Å². The van der Waals surface area contributed by atoms with Gasteiger partial charge in [-0.25, -0.2) is 14.6 Å². The molecule has 0 bridgehead atoms. The number of fused-ring (bicyclic) bond motifs is 1. The number of nitrogens with zero attached hydrogens (tertiary/aromatic N) is 2. The molecule has 9 nitrogen and oxygen atoms in total. The van der Waals surface area contributed by atoms with Gasteiger partial charge in [0.25, 0.3) is 5.56 Å². The van der Waals surface area contributed by atoms with Crippen LogP contribution in [0, 0.1) is 0 Å². The van der Waals surface area contributed by atoms with Crippen molar-refractivity contribution in [2.45, 2.75) is 58.1 Å². The molecule has 1 amide bonds. The Balaban J connectivity index is 0.000000234. The number of ether oxygens (including phenoxy) is 3. The number of hydrogen-bond acceptors (Lipinski definition) is 7. The van der Waals surface area contributed by atoms with E-state index in [0.717, 1.165) is 18.4 Å². The molecular formula is C24H33N3O6. The molecule has 1 N–H and O–H groups in total. The van der Waals surface area contributed by atoms with Crippen LogP contribution in [-0.2, 0) is 20.7 Å². The number of benzene rings is 1. The standard InChI is InChI=1S/C13H14N2O2.C11H19NO4/c1-3-4-5-11-13(16)15-12-8-9(17-2)6-7-10(12)14-11;1-11(2,3)16-10(14)12-7-5-6-8(12)9(13)15-4/h3,6-8H,1,4-5H2,2H3,(H,15,16);8H,5-7H2,1-4H3/t;8-/m.0/s1. The number of rotatable bonds is 5. The summed E-state index contributed by atoms with van der Waals surface area (Å²) in [5, 5.41) is 0. The lowest BCUT2D eigenvalue weighted by atomic mass is 10.2. The van der Waals surface area contributed by atoms with Gasteiger partial charge in [0.1, 0.15) is 23.1 Å². The van der Waals surface area contributed by atoms with Gasteiger partial charge in [0.2, 0.25) is 0 Å². The van der Waals surface area contributed by atoms with E-state index in [1.54, 1.807) is 40.0 Å². The second-order valence-corrected chi connectivity index (χ2v) is 8.58. The van der Waals surface area contributed by atoms with Crippen LogP contribution in [-0.4, -0.2) is 59.3 Å². The first kappa shape index (κ1) is 25.9. The number of methoxy groups -OCH3 is 2. The molecule has 0 spiro atoms. The summed E-state index contributed by atoms with van der Waals surface area (Å²) in [4.78, 5) is 43.5. The predicted molar refractivity (Wildman–Crippen MR) is 125 cm³/mol. The number of esters is 1. The Morgan fingerprint density at radius 3 is 2.64 bits per heavy atom. The molecule has 0 saturated carbocycles. The van der Waals surface area contributed by atoms with Crippen LogP contribution < -0.4 is 10.3 Å². The van der Waals surface area contributed by atoms with E-state index in [1.165, 1.54) is 12.0 Å². The van der Waals surface area contributed by atoms with E-state index in [4.69, 9.17) is 9.47 Å². The molecule has 2 aromatic rings. The molecule has 1 saturated heterocycles. The maximum atomic E-state index is 11.8. The first-order chi connectivity index (χ1) is 15.6. The summed E-state index contributed by atoms with van der Waals surface area (Å²) < 4.78 is 15.0. The fourth-order valence-electron chi connectivity index (χ4n) is 3.33. The number of aromatic amines is 1. The molecule has 1 aliphatic heterocycles. The van der Waals surface area contributed by atoms with Crippen LogP contribution in [0.15, 0.2) is 35.6 Å².